The Labute approximate surface area is 129 Å². The van der Waals surface area contributed by atoms with Crippen LogP contribution in [0.15, 0.2) is 30.5 Å². The smallest absolute Gasteiger partial charge is 0.321 e. The lowest BCUT2D eigenvalue weighted by atomic mass is 10.1. The molecule has 0 spiro atoms. The number of para-hydroxylation sites is 1. The summed E-state index contributed by atoms with van der Waals surface area (Å²) in [4.78, 5) is 31.0. The third-order valence-corrected chi connectivity index (χ3v) is 3.77. The molecule has 3 N–H and O–H groups in total. The Morgan fingerprint density at radius 2 is 2.14 bits per heavy atom. The van der Waals surface area contributed by atoms with Crippen LogP contribution < -0.4 is 10.6 Å². The number of benzene rings is 1. The van der Waals surface area contributed by atoms with Crippen molar-refractivity contribution < 1.29 is 9.59 Å². The van der Waals surface area contributed by atoms with Gasteiger partial charge in [0.05, 0.1) is 6.54 Å². The first-order chi connectivity index (χ1) is 10.6. The second-order valence-electron chi connectivity index (χ2n) is 4.63. The Bertz CT molecular complexity index is 839. The minimum atomic E-state index is -0.482. The Hall–Kier alpha value is -2.74. The first-order valence-electron chi connectivity index (χ1n) is 6.58. The summed E-state index contributed by atoms with van der Waals surface area (Å²) < 4.78 is 3.96. The molecule has 2 heterocycles. The Balaban J connectivity index is 1.61. The monoisotopic (exact) mass is 315 g/mol. The molecule has 0 saturated heterocycles. The molecule has 112 valence electrons. The van der Waals surface area contributed by atoms with Crippen LogP contribution in [0.25, 0.3) is 10.9 Å². The van der Waals surface area contributed by atoms with Crippen molar-refractivity contribution in [1.29, 1.82) is 0 Å². The second-order valence-corrected chi connectivity index (χ2v) is 5.38. The lowest BCUT2D eigenvalue weighted by Crippen LogP contribution is -2.33. The highest BCUT2D eigenvalue weighted by molar-refractivity contribution is 7.09. The molecule has 0 aliphatic carbocycles. The van der Waals surface area contributed by atoms with Gasteiger partial charge >= 0.3 is 6.03 Å². The summed E-state index contributed by atoms with van der Waals surface area (Å²) >= 11 is 1.09. The maximum atomic E-state index is 12.2. The van der Waals surface area contributed by atoms with Crippen molar-refractivity contribution in [3.05, 3.63) is 41.9 Å². The molecule has 0 radical (unpaired) electrons. The molecule has 22 heavy (non-hydrogen) atoms. The van der Waals surface area contributed by atoms with Crippen molar-refractivity contribution in [3.8, 4) is 0 Å². The number of hydrogen-bond acceptors (Lipinski definition) is 5. The first kappa shape index (κ1) is 14.2. The zero-order chi connectivity index (χ0) is 15.5. The summed E-state index contributed by atoms with van der Waals surface area (Å²) in [5, 5.41) is 6.29. The number of rotatable bonds is 4. The predicted octanol–water partition coefficient (Wildman–Crippen LogP) is 2.33. The summed E-state index contributed by atoms with van der Waals surface area (Å²) in [5.74, 6) is 0.427. The van der Waals surface area contributed by atoms with Crippen molar-refractivity contribution in [3.63, 3.8) is 0 Å². The number of Topliss-reactive ketones (excluding diaryl/α,β-unsaturated/α-hetero) is 1. The SMILES string of the molecule is Cc1nsc(NC(=O)NCC(=O)c2c[nH]c3ccccc23)n1. The number of ketones is 1. The van der Waals surface area contributed by atoms with Crippen molar-refractivity contribution in [2.75, 3.05) is 11.9 Å². The van der Waals surface area contributed by atoms with Gasteiger partial charge in [0.1, 0.15) is 5.82 Å². The molecule has 0 atom stereocenters. The Morgan fingerprint density at radius 1 is 1.32 bits per heavy atom. The van der Waals surface area contributed by atoms with Crippen LogP contribution in [0, 0.1) is 6.92 Å². The molecule has 0 aliphatic rings. The number of urea groups is 1. The molecule has 8 heteroatoms. The molecular formula is C14H13N5O2S. The van der Waals surface area contributed by atoms with Gasteiger partial charge in [-0.25, -0.2) is 9.78 Å². The van der Waals surface area contributed by atoms with E-state index in [1.807, 2.05) is 24.3 Å². The van der Waals surface area contributed by atoms with Gasteiger partial charge in [-0.3, -0.25) is 10.1 Å². The van der Waals surface area contributed by atoms with Gasteiger partial charge in [0.15, 0.2) is 5.78 Å². The quantitative estimate of drug-likeness (QED) is 0.643. The van der Waals surface area contributed by atoms with Crippen LogP contribution in [-0.2, 0) is 0 Å². The number of hydrogen-bond donors (Lipinski definition) is 3. The number of amides is 2. The number of anilines is 1. The second kappa shape index (κ2) is 5.94. The maximum Gasteiger partial charge on any atom is 0.321 e. The van der Waals surface area contributed by atoms with E-state index in [2.05, 4.69) is 25.0 Å². The van der Waals surface area contributed by atoms with E-state index in [0.717, 1.165) is 22.4 Å². The van der Waals surface area contributed by atoms with Gasteiger partial charge in [-0.1, -0.05) is 18.2 Å². The van der Waals surface area contributed by atoms with Crippen LogP contribution >= 0.6 is 11.5 Å². The van der Waals surface area contributed by atoms with Crippen molar-refractivity contribution >= 4 is 39.4 Å². The van der Waals surface area contributed by atoms with Crippen LogP contribution in [0.5, 0.6) is 0 Å². The van der Waals surface area contributed by atoms with Crippen LogP contribution in [0.3, 0.4) is 0 Å². The lowest BCUT2D eigenvalue weighted by molar-refractivity contribution is 0.0995. The number of nitrogens with zero attached hydrogens (tertiary/aromatic N) is 2. The summed E-state index contributed by atoms with van der Waals surface area (Å²) in [5.41, 5.74) is 1.45. The van der Waals surface area contributed by atoms with E-state index in [4.69, 9.17) is 0 Å². The number of nitrogens with one attached hydrogen (secondary N) is 3. The first-order valence-corrected chi connectivity index (χ1v) is 7.35. The fourth-order valence-electron chi connectivity index (χ4n) is 2.05. The highest BCUT2D eigenvalue weighted by Crippen LogP contribution is 2.17. The van der Waals surface area contributed by atoms with Crippen molar-refractivity contribution in [2.24, 2.45) is 0 Å². The van der Waals surface area contributed by atoms with E-state index >= 15 is 0 Å². The molecule has 3 rings (SSSR count). The van der Waals surface area contributed by atoms with E-state index in [9.17, 15) is 9.59 Å². The third kappa shape index (κ3) is 2.96. The highest BCUT2D eigenvalue weighted by atomic mass is 32.1. The molecule has 2 aromatic heterocycles. The van der Waals surface area contributed by atoms with Gasteiger partial charge in [0.25, 0.3) is 0 Å². The molecule has 0 bridgehead atoms. The van der Waals surface area contributed by atoms with Gasteiger partial charge in [-0.2, -0.15) is 4.37 Å². The number of carbonyl (C=O) groups excluding carboxylic acids is 2. The van der Waals surface area contributed by atoms with Gasteiger partial charge in [0, 0.05) is 34.2 Å². The molecule has 0 saturated carbocycles. The van der Waals surface area contributed by atoms with Crippen LogP contribution in [-0.4, -0.2) is 32.7 Å². The van der Waals surface area contributed by atoms with Crippen molar-refractivity contribution in [1.82, 2.24) is 19.7 Å². The van der Waals surface area contributed by atoms with E-state index in [1.165, 1.54) is 0 Å². The van der Waals surface area contributed by atoms with E-state index in [1.54, 1.807) is 13.1 Å². The molecule has 0 aliphatic heterocycles. The Kier molecular flexibility index (Phi) is 3.84. The molecule has 3 aromatic rings. The van der Waals surface area contributed by atoms with Gasteiger partial charge in [-0.05, 0) is 13.0 Å². The molecule has 0 unspecified atom stereocenters. The third-order valence-electron chi connectivity index (χ3n) is 3.05. The molecule has 2 amide bonds. The fraction of sp³-hybridized carbons (Fsp3) is 0.143. The van der Waals surface area contributed by atoms with Gasteiger partial charge in [-0.15, -0.1) is 0 Å². The zero-order valence-electron chi connectivity index (χ0n) is 11.7. The molecule has 7 nitrogen and oxygen atoms in total. The number of aryl methyl sites for hydroxylation is 1. The predicted molar refractivity (Wildman–Crippen MR) is 84.3 cm³/mol. The maximum absolute atomic E-state index is 12.2. The summed E-state index contributed by atoms with van der Waals surface area (Å²) in [6.45, 7) is 1.64. The number of aromatic amines is 1. The normalized spacial score (nSPS) is 10.6. The number of H-pyrrole nitrogens is 1. The summed E-state index contributed by atoms with van der Waals surface area (Å²) in [7, 11) is 0. The number of fused-ring (bicyclic) bond motifs is 1. The summed E-state index contributed by atoms with van der Waals surface area (Å²) in [6.07, 6.45) is 1.65. The van der Waals surface area contributed by atoms with Gasteiger partial charge in [0.2, 0.25) is 5.13 Å². The minimum absolute atomic E-state index is 0.0918. The Morgan fingerprint density at radius 3 is 2.91 bits per heavy atom. The summed E-state index contributed by atoms with van der Waals surface area (Å²) in [6, 6.07) is 7.03. The lowest BCUT2D eigenvalue weighted by Gasteiger charge is -2.04. The average Bonchev–Trinajstić information content (AvgIpc) is 3.11. The van der Waals surface area contributed by atoms with E-state index < -0.39 is 6.03 Å². The van der Waals surface area contributed by atoms with Crippen LogP contribution in [0.1, 0.15) is 16.2 Å². The van der Waals surface area contributed by atoms with Crippen molar-refractivity contribution in [2.45, 2.75) is 6.92 Å². The van der Waals surface area contributed by atoms with Gasteiger partial charge < -0.3 is 10.3 Å². The van der Waals surface area contributed by atoms with Crippen LogP contribution in [0.4, 0.5) is 9.93 Å². The standard InChI is InChI=1S/C14H13N5O2S/c1-8-17-14(22-19-8)18-13(21)16-7-12(20)10-6-15-11-5-3-2-4-9(10)11/h2-6,15H,7H2,1H3,(H2,16,17,18,19,21). The minimum Gasteiger partial charge on any atom is -0.360 e. The largest absolute Gasteiger partial charge is 0.360 e. The zero-order valence-corrected chi connectivity index (χ0v) is 12.5. The van der Waals surface area contributed by atoms with E-state index in [-0.39, 0.29) is 12.3 Å². The van der Waals surface area contributed by atoms with E-state index in [0.29, 0.717) is 16.5 Å². The fourth-order valence-corrected chi connectivity index (χ4v) is 2.62. The number of aromatic nitrogens is 3. The highest BCUT2D eigenvalue weighted by Gasteiger charge is 2.13. The van der Waals surface area contributed by atoms with Crippen LogP contribution in [0.2, 0.25) is 0 Å². The average molecular weight is 315 g/mol. The molecule has 1 aromatic carbocycles. The number of carbonyl (C=O) groups is 2. The topological polar surface area (TPSA) is 99.8 Å². The molecule has 0 fully saturated rings. The molecular weight excluding hydrogens is 302 g/mol.